The van der Waals surface area contributed by atoms with Crippen LogP contribution in [-0.4, -0.2) is 29.4 Å². The molecule has 38 heavy (non-hydrogen) atoms. The fraction of sp³-hybridized carbons (Fsp3) is 0.500. The second-order valence-corrected chi connectivity index (χ2v) is 11.2. The zero-order valence-corrected chi connectivity index (χ0v) is 24.0. The summed E-state index contributed by atoms with van der Waals surface area (Å²) < 4.78 is 0. The Morgan fingerprint density at radius 3 is 2.21 bits per heavy atom. The van der Waals surface area contributed by atoms with E-state index in [0.717, 1.165) is 68.9 Å². The Bertz CT molecular complexity index is 1210. The summed E-state index contributed by atoms with van der Waals surface area (Å²) in [6.07, 6.45) is 12.7. The van der Waals surface area contributed by atoms with Crippen LogP contribution >= 0.6 is 0 Å². The summed E-state index contributed by atoms with van der Waals surface area (Å²) in [7, 11) is 1.53. The van der Waals surface area contributed by atoms with Crippen LogP contribution in [0.3, 0.4) is 0 Å². The van der Waals surface area contributed by atoms with Gasteiger partial charge in [-0.3, -0.25) is 4.98 Å². The summed E-state index contributed by atoms with van der Waals surface area (Å²) in [5.41, 5.74) is 9.72. The molecule has 0 bridgehead atoms. The number of aryl methyl sites for hydroxylation is 3. The number of rotatable bonds is 12. The number of aliphatic hydroxyl groups is 1. The van der Waals surface area contributed by atoms with E-state index < -0.39 is 5.60 Å². The Balaban J connectivity index is 1.59. The minimum Gasteiger partial charge on any atom is -0.390 e. The van der Waals surface area contributed by atoms with E-state index in [0.29, 0.717) is 6.61 Å². The van der Waals surface area contributed by atoms with Gasteiger partial charge in [0, 0.05) is 29.8 Å². The lowest BCUT2D eigenvalue weighted by atomic mass is 9.69. The SMILES string of the molecule is CCC(CC)(c1ccc(CCC2(O)CCCC2)c(C)c1)c1ccc(-c2cncc(CCOOC)c2)c(C)c1. The van der Waals surface area contributed by atoms with Crippen LogP contribution in [0, 0.1) is 13.8 Å². The van der Waals surface area contributed by atoms with Crippen molar-refractivity contribution in [2.24, 2.45) is 0 Å². The molecular weight excluding hydrogens is 470 g/mol. The van der Waals surface area contributed by atoms with E-state index in [9.17, 15) is 5.11 Å². The zero-order chi connectivity index (χ0) is 27.2. The summed E-state index contributed by atoms with van der Waals surface area (Å²) in [4.78, 5) is 14.2. The van der Waals surface area contributed by atoms with Crippen LogP contribution in [0.5, 0.6) is 0 Å². The molecule has 1 aliphatic carbocycles. The summed E-state index contributed by atoms with van der Waals surface area (Å²) in [5.74, 6) is 0. The smallest absolute Gasteiger partial charge is 0.0863 e. The third-order valence-electron chi connectivity index (χ3n) is 8.97. The van der Waals surface area contributed by atoms with E-state index in [-0.39, 0.29) is 5.41 Å². The van der Waals surface area contributed by atoms with Crippen LogP contribution in [0.15, 0.2) is 54.9 Å². The predicted molar refractivity (Wildman–Crippen MR) is 155 cm³/mol. The quantitative estimate of drug-likeness (QED) is 0.152. The molecule has 0 saturated heterocycles. The highest BCUT2D eigenvalue weighted by atomic mass is 17.2. The van der Waals surface area contributed by atoms with E-state index in [1.165, 1.54) is 40.5 Å². The molecule has 0 unspecified atom stereocenters. The summed E-state index contributed by atoms with van der Waals surface area (Å²) in [5, 5.41) is 10.8. The molecule has 204 valence electrons. The van der Waals surface area contributed by atoms with Crippen molar-refractivity contribution in [3.8, 4) is 11.1 Å². The summed E-state index contributed by atoms with van der Waals surface area (Å²) in [6.45, 7) is 9.56. The molecule has 0 aliphatic heterocycles. The molecule has 1 heterocycles. The molecular formula is C34H45NO3. The first-order chi connectivity index (χ1) is 18.3. The van der Waals surface area contributed by atoms with Crippen LogP contribution in [0.1, 0.15) is 92.2 Å². The average molecular weight is 516 g/mol. The topological polar surface area (TPSA) is 51.6 Å². The molecule has 0 spiro atoms. The molecule has 2 aromatic carbocycles. The van der Waals surface area contributed by atoms with Gasteiger partial charge in [-0.2, -0.15) is 0 Å². The van der Waals surface area contributed by atoms with Crippen LogP contribution in [0.25, 0.3) is 11.1 Å². The lowest BCUT2D eigenvalue weighted by Crippen LogP contribution is -2.27. The maximum absolute atomic E-state index is 10.8. The largest absolute Gasteiger partial charge is 0.390 e. The van der Waals surface area contributed by atoms with Crippen molar-refractivity contribution in [2.45, 2.75) is 96.5 Å². The van der Waals surface area contributed by atoms with Crippen molar-refractivity contribution in [1.29, 1.82) is 0 Å². The number of hydrogen-bond donors (Lipinski definition) is 1. The molecule has 0 atom stereocenters. The second-order valence-electron chi connectivity index (χ2n) is 11.2. The minimum atomic E-state index is -0.451. The Morgan fingerprint density at radius 1 is 0.895 bits per heavy atom. The van der Waals surface area contributed by atoms with Crippen LogP contribution in [0.2, 0.25) is 0 Å². The second kappa shape index (κ2) is 12.5. The zero-order valence-electron chi connectivity index (χ0n) is 24.0. The number of benzene rings is 2. The highest BCUT2D eigenvalue weighted by molar-refractivity contribution is 5.68. The lowest BCUT2D eigenvalue weighted by Gasteiger charge is -2.34. The van der Waals surface area contributed by atoms with Gasteiger partial charge in [0.05, 0.1) is 19.3 Å². The molecule has 0 radical (unpaired) electrons. The van der Waals surface area contributed by atoms with Crippen molar-refractivity contribution >= 4 is 0 Å². The van der Waals surface area contributed by atoms with Crippen molar-refractivity contribution in [3.05, 3.63) is 88.2 Å². The van der Waals surface area contributed by atoms with E-state index >= 15 is 0 Å². The fourth-order valence-corrected chi connectivity index (χ4v) is 6.46. The van der Waals surface area contributed by atoms with Crippen molar-refractivity contribution in [2.75, 3.05) is 13.7 Å². The van der Waals surface area contributed by atoms with Gasteiger partial charge in [-0.25, -0.2) is 9.78 Å². The van der Waals surface area contributed by atoms with Gasteiger partial charge < -0.3 is 5.11 Å². The van der Waals surface area contributed by atoms with E-state index in [4.69, 9.17) is 9.78 Å². The van der Waals surface area contributed by atoms with Gasteiger partial charge in [0.2, 0.25) is 0 Å². The molecule has 1 aliphatic rings. The fourth-order valence-electron chi connectivity index (χ4n) is 6.46. The van der Waals surface area contributed by atoms with E-state index in [2.05, 4.69) is 75.1 Å². The number of nitrogens with zero attached hydrogens (tertiary/aromatic N) is 1. The standard InChI is InChI=1S/C34H45NO3/c1-6-34(7-2,30-11-10-28(25(3)20-30)14-18-33(36)16-8-9-17-33)31-12-13-32(26(4)21-31)29-22-27(23-35-24-29)15-19-38-37-5/h10-13,20-24,36H,6-9,14-19H2,1-5H3. The third-order valence-corrected chi connectivity index (χ3v) is 8.97. The normalized spacial score (nSPS) is 15.2. The van der Waals surface area contributed by atoms with Gasteiger partial charge in [0.25, 0.3) is 0 Å². The first kappa shape index (κ1) is 28.5. The molecule has 1 saturated carbocycles. The van der Waals surface area contributed by atoms with E-state index in [1.54, 1.807) is 0 Å². The molecule has 4 heteroatoms. The highest BCUT2D eigenvalue weighted by Crippen LogP contribution is 2.41. The Labute approximate surface area is 229 Å². The monoisotopic (exact) mass is 515 g/mol. The maximum Gasteiger partial charge on any atom is 0.0863 e. The van der Waals surface area contributed by atoms with Gasteiger partial charge in [0.15, 0.2) is 0 Å². The Kier molecular flexibility index (Phi) is 9.40. The lowest BCUT2D eigenvalue weighted by molar-refractivity contribution is -0.271. The Hall–Kier alpha value is -2.53. The van der Waals surface area contributed by atoms with Crippen LogP contribution < -0.4 is 0 Å². The molecule has 3 aromatic rings. The average Bonchev–Trinajstić information content (AvgIpc) is 3.36. The first-order valence-electron chi connectivity index (χ1n) is 14.4. The van der Waals surface area contributed by atoms with Gasteiger partial charge in [-0.15, -0.1) is 0 Å². The summed E-state index contributed by atoms with van der Waals surface area (Å²) in [6, 6.07) is 16.2. The number of hydrogen-bond acceptors (Lipinski definition) is 4. The number of pyridine rings is 1. The third kappa shape index (κ3) is 6.20. The Morgan fingerprint density at radius 2 is 1.58 bits per heavy atom. The molecule has 0 amide bonds. The first-order valence-corrected chi connectivity index (χ1v) is 14.4. The highest BCUT2D eigenvalue weighted by Gasteiger charge is 2.33. The van der Waals surface area contributed by atoms with Gasteiger partial charge in [-0.1, -0.05) is 63.1 Å². The van der Waals surface area contributed by atoms with E-state index in [1.807, 2.05) is 12.4 Å². The van der Waals surface area contributed by atoms with Crippen molar-refractivity contribution < 1.29 is 14.9 Å². The minimum absolute atomic E-state index is 0.0339. The molecule has 1 fully saturated rings. The molecule has 1 aromatic heterocycles. The van der Waals surface area contributed by atoms with Gasteiger partial charge in [-0.05, 0) is 97.4 Å². The molecule has 4 nitrogen and oxygen atoms in total. The molecule has 4 rings (SSSR count). The predicted octanol–water partition coefficient (Wildman–Crippen LogP) is 7.83. The van der Waals surface area contributed by atoms with Crippen molar-refractivity contribution in [3.63, 3.8) is 0 Å². The van der Waals surface area contributed by atoms with Gasteiger partial charge >= 0.3 is 0 Å². The van der Waals surface area contributed by atoms with Gasteiger partial charge in [0.1, 0.15) is 0 Å². The van der Waals surface area contributed by atoms with Crippen LogP contribution in [-0.2, 0) is 28.0 Å². The van der Waals surface area contributed by atoms with Crippen LogP contribution in [0.4, 0.5) is 0 Å². The maximum atomic E-state index is 10.8. The summed E-state index contributed by atoms with van der Waals surface area (Å²) >= 11 is 0. The van der Waals surface area contributed by atoms with Crippen molar-refractivity contribution in [1.82, 2.24) is 4.98 Å². The molecule has 1 N–H and O–H groups in total. The number of aromatic nitrogens is 1.